The maximum Gasteiger partial charge on any atom is 0.302 e. The zero-order chi connectivity index (χ0) is 27.0. The highest BCUT2D eigenvalue weighted by molar-refractivity contribution is 6.10. The van der Waals surface area contributed by atoms with Gasteiger partial charge in [-0.15, -0.1) is 5.10 Å². The number of nitrogens with one attached hydrogen (secondary N) is 1. The lowest BCUT2D eigenvalue weighted by Crippen LogP contribution is -2.26. The van der Waals surface area contributed by atoms with E-state index in [9.17, 15) is 4.79 Å². The summed E-state index contributed by atoms with van der Waals surface area (Å²) in [7, 11) is 0. The Labute approximate surface area is 223 Å². The predicted molar refractivity (Wildman–Crippen MR) is 150 cm³/mol. The third kappa shape index (κ3) is 7.32. The van der Waals surface area contributed by atoms with Gasteiger partial charge < -0.3 is 20.7 Å². The molecule has 0 saturated carbocycles. The van der Waals surface area contributed by atoms with Crippen LogP contribution in [0.2, 0.25) is 0 Å². The summed E-state index contributed by atoms with van der Waals surface area (Å²) in [5, 5.41) is 11.5. The van der Waals surface area contributed by atoms with Crippen LogP contribution < -0.4 is 11.1 Å². The first-order chi connectivity index (χ1) is 18.3. The number of anilines is 2. The number of carbonyl (C=O) groups is 1. The maximum atomic E-state index is 11.3. The molecule has 4 rings (SSSR count). The summed E-state index contributed by atoms with van der Waals surface area (Å²) >= 11 is 0. The second-order valence-corrected chi connectivity index (χ2v) is 10.1. The number of ether oxygens (including phenoxy) is 1. The van der Waals surface area contributed by atoms with Crippen molar-refractivity contribution >= 4 is 40.4 Å². The molecule has 1 aliphatic heterocycles. The Kier molecular flexibility index (Phi) is 8.96. The van der Waals surface area contributed by atoms with E-state index in [2.05, 4.69) is 30.4 Å². The molecule has 3 aromatic heterocycles. The first kappa shape index (κ1) is 27.1. The molecule has 3 aromatic rings. The van der Waals surface area contributed by atoms with Gasteiger partial charge in [-0.2, -0.15) is 5.10 Å². The zero-order valence-electron chi connectivity index (χ0n) is 22.4. The van der Waals surface area contributed by atoms with Gasteiger partial charge >= 0.3 is 5.97 Å². The van der Waals surface area contributed by atoms with E-state index in [4.69, 9.17) is 15.5 Å². The molecular weight excluding hydrogens is 480 g/mol. The minimum Gasteiger partial charge on any atom is -0.465 e. The molecule has 0 radical (unpaired) electrons. The van der Waals surface area contributed by atoms with Crippen LogP contribution in [0.3, 0.4) is 0 Å². The van der Waals surface area contributed by atoms with E-state index in [1.165, 1.54) is 32.9 Å². The molecule has 0 spiro atoms. The SMILES string of the molecule is CC(=O)OCC(C)(C)c1cnnc(Nc2ccc3ncc(C(C=NCCCN4CCCC4)=CN)cc3n2)c1. The number of hydrogen-bond acceptors (Lipinski definition) is 10. The molecule has 0 unspecified atom stereocenters. The Morgan fingerprint density at radius 2 is 2.00 bits per heavy atom. The number of carbonyl (C=O) groups excluding carboxylic acids is 1. The topological polar surface area (TPSA) is 132 Å². The van der Waals surface area contributed by atoms with E-state index in [-0.39, 0.29) is 12.6 Å². The van der Waals surface area contributed by atoms with Gasteiger partial charge in [-0.25, -0.2) is 4.98 Å². The van der Waals surface area contributed by atoms with Crippen LogP contribution in [0, 0.1) is 0 Å². The number of pyridine rings is 2. The molecule has 38 heavy (non-hydrogen) atoms. The number of hydrogen-bond donors (Lipinski definition) is 2. The van der Waals surface area contributed by atoms with Crippen molar-refractivity contribution in [2.45, 2.75) is 45.4 Å². The largest absolute Gasteiger partial charge is 0.465 e. The third-order valence-corrected chi connectivity index (χ3v) is 6.57. The van der Waals surface area contributed by atoms with Crippen LogP contribution in [0.1, 0.15) is 51.2 Å². The van der Waals surface area contributed by atoms with Crippen molar-refractivity contribution in [1.29, 1.82) is 0 Å². The fourth-order valence-electron chi connectivity index (χ4n) is 4.30. The monoisotopic (exact) mass is 516 g/mol. The standard InChI is InChI=1S/C28H36N8O2/c1-20(37)38-19-28(2,3)23-14-27(35-32-18-23)34-26-8-7-24-25(33-26)13-21(17-31-24)22(15-29)16-30-9-6-12-36-10-4-5-11-36/h7-8,13-18H,4-6,9-12,19,29H2,1-3H3,(H,33,34,35). The normalized spacial score (nSPS) is 14.9. The number of allylic oxidation sites excluding steroid dienone is 1. The second-order valence-electron chi connectivity index (χ2n) is 10.1. The lowest BCUT2D eigenvalue weighted by Gasteiger charge is -2.24. The number of fused-ring (bicyclic) bond motifs is 1. The summed E-state index contributed by atoms with van der Waals surface area (Å²) in [6.45, 7) is 9.87. The van der Waals surface area contributed by atoms with Gasteiger partial charge in [0.05, 0.1) is 17.2 Å². The smallest absolute Gasteiger partial charge is 0.302 e. The molecule has 200 valence electrons. The Morgan fingerprint density at radius 3 is 2.76 bits per heavy atom. The summed E-state index contributed by atoms with van der Waals surface area (Å²) in [5.74, 6) is 0.829. The van der Waals surface area contributed by atoms with Crippen LogP contribution in [-0.4, -0.2) is 70.0 Å². The second kappa shape index (κ2) is 12.6. The molecule has 1 fully saturated rings. The molecule has 3 N–H and O–H groups in total. The van der Waals surface area contributed by atoms with Gasteiger partial charge in [0.2, 0.25) is 0 Å². The molecular formula is C28H36N8O2. The highest BCUT2D eigenvalue weighted by Crippen LogP contribution is 2.26. The number of aliphatic imine (C=N–C) groups is 1. The van der Waals surface area contributed by atoms with Crippen molar-refractivity contribution in [3.63, 3.8) is 0 Å². The molecule has 1 saturated heterocycles. The highest BCUT2D eigenvalue weighted by atomic mass is 16.5. The van der Waals surface area contributed by atoms with Crippen LogP contribution in [0.25, 0.3) is 16.6 Å². The minimum atomic E-state index is -0.422. The lowest BCUT2D eigenvalue weighted by atomic mass is 9.87. The average Bonchev–Trinajstić information content (AvgIpc) is 3.43. The highest BCUT2D eigenvalue weighted by Gasteiger charge is 2.23. The van der Waals surface area contributed by atoms with E-state index >= 15 is 0 Å². The fourth-order valence-corrected chi connectivity index (χ4v) is 4.30. The van der Waals surface area contributed by atoms with E-state index in [1.807, 2.05) is 44.3 Å². The van der Waals surface area contributed by atoms with Crippen LogP contribution in [0.5, 0.6) is 0 Å². The minimum absolute atomic E-state index is 0.245. The van der Waals surface area contributed by atoms with Gasteiger partial charge in [-0.1, -0.05) is 13.8 Å². The Hall–Kier alpha value is -3.92. The van der Waals surface area contributed by atoms with Gasteiger partial charge in [-0.3, -0.25) is 14.8 Å². The summed E-state index contributed by atoms with van der Waals surface area (Å²) < 4.78 is 5.21. The van der Waals surface area contributed by atoms with Gasteiger partial charge in [0, 0.05) is 48.6 Å². The number of nitrogens with zero attached hydrogens (tertiary/aromatic N) is 6. The number of likely N-dealkylation sites (tertiary alicyclic amines) is 1. The van der Waals surface area contributed by atoms with Crippen molar-refractivity contribution in [2.24, 2.45) is 10.7 Å². The zero-order valence-corrected chi connectivity index (χ0v) is 22.4. The lowest BCUT2D eigenvalue weighted by molar-refractivity contribution is -0.142. The number of nitrogens with two attached hydrogens (primary N) is 1. The van der Waals surface area contributed by atoms with Crippen molar-refractivity contribution in [3.8, 4) is 0 Å². The van der Waals surface area contributed by atoms with Gasteiger partial charge in [-0.05, 0) is 68.7 Å². The Morgan fingerprint density at radius 1 is 1.18 bits per heavy atom. The Bertz CT molecular complexity index is 1320. The first-order valence-corrected chi connectivity index (χ1v) is 13.0. The van der Waals surface area contributed by atoms with E-state index in [0.29, 0.717) is 17.2 Å². The van der Waals surface area contributed by atoms with Gasteiger partial charge in [0.1, 0.15) is 12.4 Å². The van der Waals surface area contributed by atoms with Crippen molar-refractivity contribution in [1.82, 2.24) is 25.1 Å². The number of aromatic nitrogens is 4. The van der Waals surface area contributed by atoms with Crippen LogP contribution in [-0.2, 0) is 14.9 Å². The van der Waals surface area contributed by atoms with Crippen LogP contribution in [0.15, 0.2) is 47.9 Å². The molecule has 0 aliphatic carbocycles. The molecule has 0 atom stereocenters. The van der Waals surface area contributed by atoms with E-state index in [1.54, 1.807) is 18.6 Å². The van der Waals surface area contributed by atoms with Crippen molar-refractivity contribution < 1.29 is 9.53 Å². The molecule has 0 bridgehead atoms. The van der Waals surface area contributed by atoms with Crippen molar-refractivity contribution in [2.75, 3.05) is 38.1 Å². The number of esters is 1. The summed E-state index contributed by atoms with van der Waals surface area (Å²) in [6, 6.07) is 7.57. The molecule has 0 aromatic carbocycles. The Balaban J connectivity index is 1.44. The van der Waals surface area contributed by atoms with Crippen LogP contribution in [0.4, 0.5) is 11.6 Å². The third-order valence-electron chi connectivity index (χ3n) is 6.57. The number of rotatable bonds is 11. The maximum absolute atomic E-state index is 11.3. The predicted octanol–water partition coefficient (Wildman–Crippen LogP) is 3.86. The molecule has 0 amide bonds. The van der Waals surface area contributed by atoms with Crippen molar-refractivity contribution in [3.05, 3.63) is 54.0 Å². The molecule has 10 nitrogen and oxygen atoms in total. The molecule has 4 heterocycles. The summed E-state index contributed by atoms with van der Waals surface area (Å²) in [6.07, 6.45) is 10.5. The summed E-state index contributed by atoms with van der Waals surface area (Å²) in [5.41, 5.74) is 9.51. The van der Waals surface area contributed by atoms with Gasteiger partial charge in [0.25, 0.3) is 0 Å². The fraction of sp³-hybridized carbons (Fsp3) is 0.429. The van der Waals surface area contributed by atoms with Crippen LogP contribution >= 0.6 is 0 Å². The van der Waals surface area contributed by atoms with E-state index in [0.717, 1.165) is 41.7 Å². The molecule has 1 aliphatic rings. The summed E-state index contributed by atoms with van der Waals surface area (Å²) in [4.78, 5) is 27.6. The van der Waals surface area contributed by atoms with E-state index < -0.39 is 5.41 Å². The first-order valence-electron chi connectivity index (χ1n) is 13.0. The molecule has 10 heteroatoms. The quantitative estimate of drug-likeness (QED) is 0.221. The van der Waals surface area contributed by atoms with Gasteiger partial charge in [0.15, 0.2) is 5.82 Å². The average molecular weight is 517 g/mol.